The minimum atomic E-state index is -0.289. The van der Waals surface area contributed by atoms with Gasteiger partial charge in [-0.2, -0.15) is 0 Å². The Hall–Kier alpha value is -3.69. The number of carbonyl (C=O) groups excluding carboxylic acids is 2. The smallest absolute Gasteiger partial charge is 0.252 e. The van der Waals surface area contributed by atoms with Gasteiger partial charge in [-0.15, -0.1) is 0 Å². The van der Waals surface area contributed by atoms with Crippen LogP contribution >= 0.6 is 11.6 Å². The molecule has 3 heterocycles. The Labute approximate surface area is 240 Å². The zero-order valence-corrected chi connectivity index (χ0v) is 24.3. The molecule has 0 saturated carbocycles. The molecule has 2 amide bonds. The van der Waals surface area contributed by atoms with Gasteiger partial charge in [0.05, 0.1) is 22.7 Å². The van der Waals surface area contributed by atoms with Crippen molar-refractivity contribution in [3.05, 3.63) is 65.1 Å². The van der Waals surface area contributed by atoms with E-state index in [0.717, 1.165) is 23.1 Å². The summed E-state index contributed by atoms with van der Waals surface area (Å²) in [7, 11) is 0. The number of benzene rings is 1. The molecule has 10 heteroatoms. The van der Waals surface area contributed by atoms with Crippen LogP contribution < -0.4 is 15.5 Å². The molecule has 0 unspecified atom stereocenters. The molecule has 0 radical (unpaired) electrons. The molecule has 212 valence electrons. The van der Waals surface area contributed by atoms with Crippen molar-refractivity contribution < 1.29 is 9.59 Å². The Bertz CT molecular complexity index is 1370. The number of aromatic amines is 1. The number of carbonyl (C=O) groups is 2. The van der Waals surface area contributed by atoms with E-state index in [1.54, 1.807) is 31.7 Å². The summed E-state index contributed by atoms with van der Waals surface area (Å²) in [4.78, 5) is 42.5. The van der Waals surface area contributed by atoms with Crippen molar-refractivity contribution in [1.82, 2.24) is 20.2 Å². The van der Waals surface area contributed by atoms with E-state index >= 15 is 0 Å². The van der Waals surface area contributed by atoms with E-state index in [1.807, 2.05) is 42.2 Å². The number of nitrogens with one attached hydrogen (secondary N) is 3. The number of aliphatic imine (C=N–C) groups is 1. The maximum absolute atomic E-state index is 13.7. The molecule has 2 aromatic heterocycles. The normalized spacial score (nSPS) is 15.3. The van der Waals surface area contributed by atoms with Gasteiger partial charge in [0.2, 0.25) is 5.91 Å². The maximum atomic E-state index is 13.7. The maximum Gasteiger partial charge on any atom is 0.252 e. The lowest BCUT2D eigenvalue weighted by atomic mass is 9.96. The van der Waals surface area contributed by atoms with E-state index in [0.29, 0.717) is 54.7 Å². The molecule has 1 saturated heterocycles. The lowest BCUT2D eigenvalue weighted by Crippen LogP contribution is -2.51. The molecule has 3 N–H and O–H groups in total. The van der Waals surface area contributed by atoms with E-state index < -0.39 is 0 Å². The average Bonchev–Trinajstić information content (AvgIpc) is 3.36. The zero-order valence-electron chi connectivity index (χ0n) is 23.6. The number of rotatable bonds is 10. The van der Waals surface area contributed by atoms with Crippen LogP contribution in [0.4, 0.5) is 11.4 Å². The highest BCUT2D eigenvalue weighted by atomic mass is 35.5. The van der Waals surface area contributed by atoms with Gasteiger partial charge >= 0.3 is 0 Å². The van der Waals surface area contributed by atoms with Crippen molar-refractivity contribution in [2.24, 2.45) is 4.99 Å². The van der Waals surface area contributed by atoms with Crippen LogP contribution in [0.3, 0.4) is 0 Å². The number of hydrogen-bond donors (Lipinski definition) is 3. The molecular weight excluding hydrogens is 526 g/mol. The van der Waals surface area contributed by atoms with Gasteiger partial charge < -0.3 is 25.4 Å². The molecule has 1 aromatic carbocycles. The van der Waals surface area contributed by atoms with Crippen molar-refractivity contribution in [3.8, 4) is 0 Å². The number of amides is 2. The topological polar surface area (TPSA) is 106 Å². The molecule has 1 aliphatic heterocycles. The van der Waals surface area contributed by atoms with E-state index in [1.165, 1.54) is 0 Å². The first-order valence-electron chi connectivity index (χ1n) is 13.8. The van der Waals surface area contributed by atoms with E-state index in [4.69, 9.17) is 11.6 Å². The van der Waals surface area contributed by atoms with E-state index in [2.05, 4.69) is 44.3 Å². The van der Waals surface area contributed by atoms with Gasteiger partial charge in [-0.1, -0.05) is 44.5 Å². The molecule has 1 fully saturated rings. The second-order valence-electron chi connectivity index (χ2n) is 10.2. The second-order valence-corrected chi connectivity index (χ2v) is 10.7. The van der Waals surface area contributed by atoms with Gasteiger partial charge in [-0.3, -0.25) is 14.6 Å². The fourth-order valence-electron chi connectivity index (χ4n) is 4.74. The van der Waals surface area contributed by atoms with Gasteiger partial charge in [0.25, 0.3) is 5.91 Å². The molecule has 0 spiro atoms. The fourth-order valence-corrected chi connectivity index (χ4v) is 4.86. The highest BCUT2D eigenvalue weighted by Gasteiger charge is 2.29. The largest absolute Gasteiger partial charge is 0.367 e. The Kier molecular flexibility index (Phi) is 9.95. The highest BCUT2D eigenvalue weighted by Crippen LogP contribution is 2.33. The van der Waals surface area contributed by atoms with Crippen molar-refractivity contribution in [2.45, 2.75) is 46.1 Å². The number of halogens is 1. The number of piperazine rings is 1. The molecule has 1 atom stereocenters. The number of hydrogen-bond acceptors (Lipinski definition) is 6. The number of H-pyrrole nitrogens is 1. The highest BCUT2D eigenvalue weighted by molar-refractivity contribution is 6.30. The van der Waals surface area contributed by atoms with E-state index in [-0.39, 0.29) is 23.8 Å². The number of aromatic nitrogens is 2. The summed E-state index contributed by atoms with van der Waals surface area (Å²) < 4.78 is 0. The van der Waals surface area contributed by atoms with Crippen LogP contribution in [0.1, 0.15) is 45.6 Å². The number of pyridine rings is 1. The summed E-state index contributed by atoms with van der Waals surface area (Å²) in [6, 6.07) is 9.77. The van der Waals surface area contributed by atoms with Gasteiger partial charge in [0.15, 0.2) is 0 Å². The second kappa shape index (κ2) is 13.6. The Balaban J connectivity index is 1.49. The van der Waals surface area contributed by atoms with Gasteiger partial charge in [0, 0.05) is 74.2 Å². The zero-order chi connectivity index (χ0) is 28.6. The summed E-state index contributed by atoms with van der Waals surface area (Å²) in [5.74, 6) is -0.400. The predicted molar refractivity (Wildman–Crippen MR) is 163 cm³/mol. The van der Waals surface area contributed by atoms with Crippen LogP contribution in [0.15, 0.2) is 59.5 Å². The van der Waals surface area contributed by atoms with Crippen molar-refractivity contribution in [2.75, 3.05) is 42.9 Å². The fraction of sp³-hybridized carbons (Fsp3) is 0.400. The first kappa shape index (κ1) is 29.3. The molecule has 4 rings (SSSR count). The molecule has 1 aliphatic rings. The summed E-state index contributed by atoms with van der Waals surface area (Å²) in [6.45, 7) is 11.0. The third kappa shape index (κ3) is 7.08. The number of anilines is 2. The standard InChI is InChI=1S/C30H38ClN7O2/c1-5-11-32-17-21(4)29(39)36-25-19-35-28-27(25)26(10-12-33-28)37-13-15-38(16-14-37)30(40)24(18-34-20(2)3)22-6-8-23(31)9-7-22/h6-12,17,19-20,24,34H,5,13-16,18H2,1-4H3,(H,33,35)(H,36,39)/b21-17+,32-11?/t24-/m1/s1. The Morgan fingerprint density at radius 3 is 2.55 bits per heavy atom. The van der Waals surface area contributed by atoms with Gasteiger partial charge in [-0.05, 0) is 37.1 Å². The van der Waals surface area contributed by atoms with Crippen LogP contribution in [0, 0.1) is 0 Å². The lowest BCUT2D eigenvalue weighted by Gasteiger charge is -2.38. The molecule has 3 aromatic rings. The average molecular weight is 564 g/mol. The van der Waals surface area contributed by atoms with Crippen LogP contribution in [0.25, 0.3) is 11.0 Å². The summed E-state index contributed by atoms with van der Waals surface area (Å²) in [5.41, 5.74) is 3.79. The molecule has 0 bridgehead atoms. The van der Waals surface area contributed by atoms with Gasteiger partial charge in [-0.25, -0.2) is 4.98 Å². The quantitative estimate of drug-likeness (QED) is 0.238. The van der Waals surface area contributed by atoms with Crippen molar-refractivity contribution >= 4 is 52.0 Å². The minimum Gasteiger partial charge on any atom is -0.367 e. The lowest BCUT2D eigenvalue weighted by molar-refractivity contribution is -0.133. The monoisotopic (exact) mass is 563 g/mol. The summed E-state index contributed by atoms with van der Waals surface area (Å²) in [5, 5.41) is 7.93. The Morgan fingerprint density at radius 1 is 1.15 bits per heavy atom. The minimum absolute atomic E-state index is 0.109. The molecule has 40 heavy (non-hydrogen) atoms. The number of fused-ring (bicyclic) bond motifs is 1. The van der Waals surface area contributed by atoms with Crippen molar-refractivity contribution in [3.63, 3.8) is 0 Å². The molecule has 9 nitrogen and oxygen atoms in total. The SMILES string of the molecule is CCC=N/C=C(\C)C(=O)Nc1c[nH]c2nccc(N3CCN(C(=O)[C@H](CNC(C)C)c4ccc(Cl)cc4)CC3)c12. The summed E-state index contributed by atoms with van der Waals surface area (Å²) >= 11 is 6.11. The third-order valence-corrected chi connectivity index (χ3v) is 7.20. The first-order valence-corrected chi connectivity index (χ1v) is 14.1. The van der Waals surface area contributed by atoms with Crippen LogP contribution in [-0.2, 0) is 9.59 Å². The van der Waals surface area contributed by atoms with Crippen LogP contribution in [0.2, 0.25) is 5.02 Å². The van der Waals surface area contributed by atoms with Crippen molar-refractivity contribution in [1.29, 1.82) is 0 Å². The van der Waals surface area contributed by atoms with Gasteiger partial charge in [0.1, 0.15) is 5.65 Å². The molecular formula is C30H38ClN7O2. The number of nitrogens with zero attached hydrogens (tertiary/aromatic N) is 4. The van der Waals surface area contributed by atoms with Crippen LogP contribution in [0.5, 0.6) is 0 Å². The van der Waals surface area contributed by atoms with E-state index in [9.17, 15) is 9.59 Å². The predicted octanol–water partition coefficient (Wildman–Crippen LogP) is 4.97. The third-order valence-electron chi connectivity index (χ3n) is 6.95. The summed E-state index contributed by atoms with van der Waals surface area (Å²) in [6.07, 6.45) is 7.65. The first-order chi connectivity index (χ1) is 19.3. The molecule has 0 aliphatic carbocycles. The van der Waals surface area contributed by atoms with Crippen LogP contribution in [-0.4, -0.2) is 71.7 Å². The Morgan fingerprint density at radius 2 is 1.88 bits per heavy atom.